The summed E-state index contributed by atoms with van der Waals surface area (Å²) in [7, 11) is 0. The molecule has 0 aliphatic heterocycles. The van der Waals surface area contributed by atoms with Gasteiger partial charge in [0.15, 0.2) is 17.3 Å². The molecule has 100 valence electrons. The highest BCUT2D eigenvalue weighted by molar-refractivity contribution is 5.62. The molecule has 0 heterocycles. The molecule has 0 radical (unpaired) electrons. The van der Waals surface area contributed by atoms with Crippen LogP contribution in [0.1, 0.15) is 6.92 Å². The first-order valence-corrected chi connectivity index (χ1v) is 4.98. The van der Waals surface area contributed by atoms with Gasteiger partial charge in [-0.3, -0.25) is 10.1 Å². The van der Waals surface area contributed by atoms with E-state index in [2.05, 4.69) is 5.32 Å². The number of aliphatic hydroxyl groups is 2. The number of anilines is 1. The zero-order valence-corrected chi connectivity index (χ0v) is 9.48. The molecule has 1 atom stereocenters. The smallest absolute Gasteiger partial charge is 0.295 e. The quantitative estimate of drug-likeness (QED) is 0.544. The number of hydrogen-bond acceptors (Lipinski definition) is 5. The van der Waals surface area contributed by atoms with Crippen molar-refractivity contribution in [1.82, 2.24) is 0 Å². The van der Waals surface area contributed by atoms with E-state index in [4.69, 9.17) is 5.11 Å². The Morgan fingerprint density at radius 3 is 2.61 bits per heavy atom. The van der Waals surface area contributed by atoms with Crippen LogP contribution >= 0.6 is 0 Å². The first-order valence-electron chi connectivity index (χ1n) is 4.98. The minimum atomic E-state index is -1.60. The van der Waals surface area contributed by atoms with Crippen molar-refractivity contribution in [1.29, 1.82) is 0 Å². The molecule has 0 aliphatic carbocycles. The van der Waals surface area contributed by atoms with Crippen molar-refractivity contribution < 1.29 is 23.9 Å². The zero-order chi connectivity index (χ0) is 13.9. The fourth-order valence-electron chi connectivity index (χ4n) is 1.20. The maximum atomic E-state index is 13.4. The lowest BCUT2D eigenvalue weighted by atomic mass is 10.1. The molecular weight excluding hydrogens is 250 g/mol. The Labute approximate surface area is 101 Å². The highest BCUT2D eigenvalue weighted by Gasteiger charge is 2.25. The largest absolute Gasteiger partial charge is 0.393 e. The number of nitro benzene ring substituents is 1. The SMILES string of the molecule is CC(O)(CO)CNc1c([N+](=O)[O-])ccc(F)c1F. The van der Waals surface area contributed by atoms with Gasteiger partial charge in [0, 0.05) is 12.6 Å². The molecule has 0 amide bonds. The van der Waals surface area contributed by atoms with Gasteiger partial charge in [0.05, 0.1) is 11.5 Å². The molecule has 0 fully saturated rings. The third kappa shape index (κ3) is 3.11. The Morgan fingerprint density at radius 2 is 2.11 bits per heavy atom. The van der Waals surface area contributed by atoms with Crippen LogP contribution in [-0.2, 0) is 0 Å². The predicted octanol–water partition coefficient (Wildman–Crippen LogP) is 1.03. The number of nitro groups is 1. The molecule has 1 unspecified atom stereocenters. The van der Waals surface area contributed by atoms with Crippen LogP contribution in [0.25, 0.3) is 0 Å². The first-order chi connectivity index (χ1) is 8.28. The van der Waals surface area contributed by atoms with Gasteiger partial charge in [-0.25, -0.2) is 8.78 Å². The molecule has 0 saturated carbocycles. The highest BCUT2D eigenvalue weighted by atomic mass is 19.2. The van der Waals surface area contributed by atoms with E-state index in [1.807, 2.05) is 0 Å². The van der Waals surface area contributed by atoms with Crippen LogP contribution < -0.4 is 5.32 Å². The Bertz CT molecular complexity index is 465. The van der Waals surface area contributed by atoms with Crippen molar-refractivity contribution in [2.24, 2.45) is 0 Å². The van der Waals surface area contributed by atoms with Crippen molar-refractivity contribution in [3.05, 3.63) is 33.9 Å². The third-order valence-corrected chi connectivity index (χ3v) is 2.26. The maximum Gasteiger partial charge on any atom is 0.295 e. The molecule has 0 aliphatic rings. The van der Waals surface area contributed by atoms with Gasteiger partial charge in [-0.05, 0) is 13.0 Å². The Balaban J connectivity index is 3.06. The molecule has 8 heteroatoms. The van der Waals surface area contributed by atoms with E-state index in [0.29, 0.717) is 6.07 Å². The van der Waals surface area contributed by atoms with Crippen molar-refractivity contribution >= 4 is 11.4 Å². The summed E-state index contributed by atoms with van der Waals surface area (Å²) < 4.78 is 26.4. The molecule has 0 saturated heterocycles. The second kappa shape index (κ2) is 5.23. The van der Waals surface area contributed by atoms with E-state index < -0.39 is 40.1 Å². The lowest BCUT2D eigenvalue weighted by Crippen LogP contribution is -2.37. The summed E-state index contributed by atoms with van der Waals surface area (Å²) in [5.41, 5.74) is -2.91. The maximum absolute atomic E-state index is 13.4. The van der Waals surface area contributed by atoms with E-state index in [0.717, 1.165) is 6.07 Å². The minimum Gasteiger partial charge on any atom is -0.393 e. The molecule has 1 rings (SSSR count). The molecular formula is C10H12F2N2O4. The van der Waals surface area contributed by atoms with Crippen LogP contribution in [0.5, 0.6) is 0 Å². The van der Waals surface area contributed by atoms with Crippen LogP contribution in [0.3, 0.4) is 0 Å². The fourth-order valence-corrected chi connectivity index (χ4v) is 1.20. The number of benzene rings is 1. The van der Waals surface area contributed by atoms with Crippen LogP contribution in [0.2, 0.25) is 0 Å². The number of aliphatic hydroxyl groups excluding tert-OH is 1. The van der Waals surface area contributed by atoms with E-state index in [1.165, 1.54) is 6.92 Å². The summed E-state index contributed by atoms with van der Waals surface area (Å²) in [6.45, 7) is 0.235. The summed E-state index contributed by atoms with van der Waals surface area (Å²) in [5.74, 6) is -2.65. The molecule has 0 aromatic heterocycles. The second-order valence-electron chi connectivity index (χ2n) is 4.02. The average molecular weight is 262 g/mol. The summed E-state index contributed by atoms with van der Waals surface area (Å²) in [5, 5.41) is 31.1. The molecule has 1 aromatic carbocycles. The van der Waals surface area contributed by atoms with Crippen molar-refractivity contribution in [3.8, 4) is 0 Å². The van der Waals surface area contributed by atoms with Crippen LogP contribution in [0.15, 0.2) is 12.1 Å². The normalized spacial score (nSPS) is 14.1. The van der Waals surface area contributed by atoms with Crippen LogP contribution in [0.4, 0.5) is 20.2 Å². The van der Waals surface area contributed by atoms with Gasteiger partial charge in [0.1, 0.15) is 5.60 Å². The number of rotatable bonds is 5. The van der Waals surface area contributed by atoms with Gasteiger partial charge in [-0.15, -0.1) is 0 Å². The van der Waals surface area contributed by atoms with Gasteiger partial charge < -0.3 is 15.5 Å². The molecule has 18 heavy (non-hydrogen) atoms. The van der Waals surface area contributed by atoms with E-state index in [-0.39, 0.29) is 6.54 Å². The topological polar surface area (TPSA) is 95.6 Å². The van der Waals surface area contributed by atoms with E-state index in [9.17, 15) is 24.0 Å². The standard InChI is InChI=1S/C10H12F2N2O4/c1-10(16,5-15)4-13-9-7(14(17)18)3-2-6(11)8(9)12/h2-3,13,15-16H,4-5H2,1H3. The van der Waals surface area contributed by atoms with Crippen LogP contribution in [-0.4, -0.2) is 33.9 Å². The molecule has 0 spiro atoms. The Morgan fingerprint density at radius 1 is 1.50 bits per heavy atom. The zero-order valence-electron chi connectivity index (χ0n) is 9.48. The monoisotopic (exact) mass is 262 g/mol. The minimum absolute atomic E-state index is 0.370. The van der Waals surface area contributed by atoms with Crippen molar-refractivity contribution in [2.45, 2.75) is 12.5 Å². The van der Waals surface area contributed by atoms with Gasteiger partial charge in [-0.1, -0.05) is 0 Å². The summed E-state index contributed by atoms with van der Waals surface area (Å²) >= 11 is 0. The highest BCUT2D eigenvalue weighted by Crippen LogP contribution is 2.29. The average Bonchev–Trinajstić information content (AvgIpc) is 2.30. The molecule has 6 nitrogen and oxygen atoms in total. The first kappa shape index (κ1) is 14.3. The number of nitrogens with zero attached hydrogens (tertiary/aromatic N) is 1. The van der Waals surface area contributed by atoms with Gasteiger partial charge in [0.25, 0.3) is 5.69 Å². The fraction of sp³-hybridized carbons (Fsp3) is 0.400. The lowest BCUT2D eigenvalue weighted by molar-refractivity contribution is -0.384. The Kier molecular flexibility index (Phi) is 4.15. The van der Waals surface area contributed by atoms with Gasteiger partial charge >= 0.3 is 0 Å². The molecule has 0 bridgehead atoms. The lowest BCUT2D eigenvalue weighted by Gasteiger charge is -2.21. The summed E-state index contributed by atoms with van der Waals surface area (Å²) in [4.78, 5) is 9.77. The molecule has 3 N–H and O–H groups in total. The Hall–Kier alpha value is -1.80. The number of nitrogens with one attached hydrogen (secondary N) is 1. The second-order valence-corrected chi connectivity index (χ2v) is 4.02. The molecule has 1 aromatic rings. The van der Waals surface area contributed by atoms with E-state index in [1.54, 1.807) is 0 Å². The summed E-state index contributed by atoms with van der Waals surface area (Å²) in [6.07, 6.45) is 0. The summed E-state index contributed by atoms with van der Waals surface area (Å²) in [6, 6.07) is 1.46. The van der Waals surface area contributed by atoms with Gasteiger partial charge in [0.2, 0.25) is 0 Å². The van der Waals surface area contributed by atoms with E-state index >= 15 is 0 Å². The van der Waals surface area contributed by atoms with Crippen molar-refractivity contribution in [2.75, 3.05) is 18.5 Å². The van der Waals surface area contributed by atoms with Crippen LogP contribution in [0, 0.1) is 21.7 Å². The van der Waals surface area contributed by atoms with Gasteiger partial charge in [-0.2, -0.15) is 0 Å². The number of hydrogen-bond donors (Lipinski definition) is 3. The third-order valence-electron chi connectivity index (χ3n) is 2.26. The predicted molar refractivity (Wildman–Crippen MR) is 59.2 cm³/mol. The number of halogens is 2. The van der Waals surface area contributed by atoms with Crippen molar-refractivity contribution in [3.63, 3.8) is 0 Å².